The zero-order chi connectivity index (χ0) is 16.4. The van der Waals surface area contributed by atoms with Gasteiger partial charge >= 0.3 is 0 Å². The normalized spacial score (nSPS) is 11.7. The fraction of sp³-hybridized carbons (Fsp3) is 0.333. The molecule has 0 aliphatic carbocycles. The van der Waals surface area contributed by atoms with Crippen LogP contribution in [0, 0.1) is 0 Å². The van der Waals surface area contributed by atoms with E-state index in [1.807, 2.05) is 0 Å². The Kier molecular flexibility index (Phi) is 10.6. The van der Waals surface area contributed by atoms with E-state index >= 15 is 0 Å². The van der Waals surface area contributed by atoms with Crippen LogP contribution in [-0.4, -0.2) is 54.8 Å². The Hall–Kier alpha value is -1.94. The van der Waals surface area contributed by atoms with Crippen molar-refractivity contribution in [1.82, 2.24) is 15.3 Å². The molecule has 0 fully saturated rings. The van der Waals surface area contributed by atoms with E-state index in [0.29, 0.717) is 5.71 Å². The molecule has 0 saturated carbocycles. The van der Waals surface area contributed by atoms with Crippen LogP contribution >= 0.6 is 0 Å². The van der Waals surface area contributed by atoms with Crippen molar-refractivity contribution in [3.63, 3.8) is 0 Å². The van der Waals surface area contributed by atoms with E-state index in [-0.39, 0.29) is 49.9 Å². The van der Waals surface area contributed by atoms with Gasteiger partial charge in [0.1, 0.15) is 20.5 Å². The summed E-state index contributed by atoms with van der Waals surface area (Å²) in [4.78, 5) is 33.8. The van der Waals surface area contributed by atoms with Crippen LogP contribution in [0.15, 0.2) is 28.0 Å². The molecular formula is C12H15N6O4Y-. The Morgan fingerprint density at radius 2 is 2.04 bits per heavy atom. The van der Waals surface area contributed by atoms with Gasteiger partial charge in [-0.2, -0.15) is 4.98 Å². The number of oxime groups is 2. The summed E-state index contributed by atoms with van der Waals surface area (Å²) < 4.78 is 0. The van der Waals surface area contributed by atoms with Gasteiger partial charge in [-0.15, -0.1) is 5.16 Å². The molecule has 11 heteroatoms. The molecule has 1 heterocycles. The Morgan fingerprint density at radius 3 is 2.65 bits per heavy atom. The quantitative estimate of drug-likeness (QED) is 0.388. The first-order chi connectivity index (χ1) is 10.6. The summed E-state index contributed by atoms with van der Waals surface area (Å²) in [6.45, 7) is 1.59. The van der Waals surface area contributed by atoms with Crippen molar-refractivity contribution >= 4 is 23.5 Å². The number of carbonyl (C=O) groups excluding carboxylic acids is 1. The fourth-order valence-electron chi connectivity index (χ4n) is 1.22. The average Bonchev–Trinajstić information content (AvgIpc) is 2.55. The van der Waals surface area contributed by atoms with Crippen molar-refractivity contribution in [2.75, 3.05) is 21.3 Å². The van der Waals surface area contributed by atoms with Crippen LogP contribution < -0.4 is 10.2 Å². The van der Waals surface area contributed by atoms with Gasteiger partial charge in [0, 0.05) is 46.0 Å². The Bertz CT molecular complexity index is 605. The van der Waals surface area contributed by atoms with Gasteiger partial charge in [-0.1, -0.05) is 17.8 Å². The molecule has 0 bridgehead atoms. The zero-order valence-corrected chi connectivity index (χ0v) is 15.9. The Balaban J connectivity index is 0.00000484. The molecule has 0 saturated heterocycles. The molecule has 23 heavy (non-hydrogen) atoms. The molecule has 1 aromatic rings. The van der Waals surface area contributed by atoms with E-state index in [2.05, 4.69) is 46.6 Å². The van der Waals surface area contributed by atoms with E-state index in [0.717, 1.165) is 0 Å². The van der Waals surface area contributed by atoms with Crippen LogP contribution in [0.3, 0.4) is 0 Å². The summed E-state index contributed by atoms with van der Waals surface area (Å²) >= 11 is 0. The second-order valence-corrected chi connectivity index (χ2v) is 3.60. The number of hydrogen-bond acceptors (Lipinski definition) is 9. The van der Waals surface area contributed by atoms with Gasteiger partial charge in [-0.25, -0.2) is 4.98 Å². The van der Waals surface area contributed by atoms with Crippen molar-refractivity contribution in [1.29, 1.82) is 0 Å². The number of nitrogens with zero attached hydrogens (tertiary/aromatic N) is 5. The molecule has 0 atom stereocenters. The van der Waals surface area contributed by atoms with Crippen LogP contribution in [0.5, 0.6) is 5.88 Å². The van der Waals surface area contributed by atoms with Gasteiger partial charge in [-0.3, -0.25) is 4.79 Å². The maximum atomic E-state index is 11.8. The molecule has 0 unspecified atom stereocenters. The molecule has 1 amide bonds. The third-order valence-electron chi connectivity index (χ3n) is 2.12. The van der Waals surface area contributed by atoms with E-state index < -0.39 is 5.91 Å². The summed E-state index contributed by atoms with van der Waals surface area (Å²) in [5, 5.41) is 13.2. The summed E-state index contributed by atoms with van der Waals surface area (Å²) in [7, 11) is 4.14. The maximum Gasteiger partial charge on any atom is 0.273 e. The second-order valence-electron chi connectivity index (χ2n) is 3.60. The second kappa shape index (κ2) is 11.6. The molecule has 0 aromatic carbocycles. The number of hydrogen-bond donors (Lipinski definition) is 1. The van der Waals surface area contributed by atoms with Gasteiger partial charge in [0.15, 0.2) is 5.71 Å². The molecule has 0 aliphatic rings. The maximum absolute atomic E-state index is 11.8. The van der Waals surface area contributed by atoms with E-state index in [9.17, 15) is 4.79 Å². The monoisotopic (exact) mass is 396 g/mol. The molecule has 1 radical (unpaired) electrons. The standard InChI is InChI=1S/C12H15N6O4.Y/c1-8(5-16-20-3)17-22-12-9(6-14-7-15-12)10(18-21-4)11(19)13-2;/h6-7H,1-4H3,(H,13,19);/q-1;/b17-8+,18-10+;. The van der Waals surface area contributed by atoms with Crippen LogP contribution in [0.2, 0.25) is 0 Å². The Morgan fingerprint density at radius 1 is 1.30 bits per heavy atom. The third kappa shape index (κ3) is 6.78. The number of likely N-dealkylation sites (N-methyl/N-ethyl adjacent to an activating group) is 1. The van der Waals surface area contributed by atoms with Gasteiger partial charge in [-0.05, 0) is 0 Å². The molecular weight excluding hydrogens is 381 g/mol. The zero-order valence-electron chi connectivity index (χ0n) is 13.1. The number of carbonyl (C=O) groups is 1. The van der Waals surface area contributed by atoms with Gasteiger partial charge < -0.3 is 31.2 Å². The molecule has 1 rings (SSSR count). The fourth-order valence-corrected chi connectivity index (χ4v) is 1.22. The molecule has 10 nitrogen and oxygen atoms in total. The van der Waals surface area contributed by atoms with E-state index in [1.165, 1.54) is 33.8 Å². The first kappa shape index (κ1) is 21.1. The molecule has 0 aliphatic heterocycles. The Labute approximate surface area is 158 Å². The summed E-state index contributed by atoms with van der Waals surface area (Å²) in [5.74, 6) is -0.470. The minimum Gasteiger partial charge on any atom is -0.436 e. The van der Waals surface area contributed by atoms with E-state index in [1.54, 1.807) is 6.92 Å². The van der Waals surface area contributed by atoms with Crippen molar-refractivity contribution in [2.45, 2.75) is 6.92 Å². The van der Waals surface area contributed by atoms with Crippen molar-refractivity contribution in [3.8, 4) is 5.88 Å². The number of rotatable bonds is 7. The number of aromatic nitrogens is 2. The minimum absolute atomic E-state index is 0. The first-order valence-electron chi connectivity index (χ1n) is 5.98. The van der Waals surface area contributed by atoms with Crippen molar-refractivity contribution in [2.24, 2.45) is 15.5 Å². The predicted molar refractivity (Wildman–Crippen MR) is 77.8 cm³/mol. The van der Waals surface area contributed by atoms with Gasteiger partial charge in [0.05, 0.1) is 5.56 Å². The topological polar surface area (TPSA) is 120 Å². The van der Waals surface area contributed by atoms with Crippen molar-refractivity contribution < 1.29 is 52.0 Å². The third-order valence-corrected chi connectivity index (χ3v) is 2.12. The summed E-state index contributed by atoms with van der Waals surface area (Å²) in [5.41, 5.74) is 0.462. The van der Waals surface area contributed by atoms with Crippen LogP contribution in [0.4, 0.5) is 0 Å². The minimum atomic E-state index is -0.491. The molecule has 121 valence electrons. The molecule has 1 N–H and O–H groups in total. The largest absolute Gasteiger partial charge is 0.436 e. The van der Waals surface area contributed by atoms with Crippen molar-refractivity contribution in [3.05, 3.63) is 18.1 Å². The summed E-state index contributed by atoms with van der Waals surface area (Å²) in [6.07, 6.45) is 5.06. The SMILES string of the molecule is CNC(=O)/C(=N/OC)c1cncnc1O/N=C(\C)[C-]=NOC.[Y]. The summed E-state index contributed by atoms with van der Waals surface area (Å²) in [6, 6.07) is 0. The van der Waals surface area contributed by atoms with Gasteiger partial charge in [0.25, 0.3) is 11.8 Å². The van der Waals surface area contributed by atoms with Crippen LogP contribution in [-0.2, 0) is 47.2 Å². The number of nitrogens with one attached hydrogen (secondary N) is 1. The smallest absolute Gasteiger partial charge is 0.273 e. The predicted octanol–water partition coefficient (Wildman–Crippen LogP) is -0.166. The molecule has 0 spiro atoms. The first-order valence-corrected chi connectivity index (χ1v) is 5.98. The molecule has 1 aromatic heterocycles. The van der Waals surface area contributed by atoms with E-state index in [4.69, 9.17) is 4.84 Å². The average molecular weight is 396 g/mol. The number of amides is 1. The van der Waals surface area contributed by atoms with Gasteiger partial charge in [0.2, 0.25) is 0 Å². The van der Waals surface area contributed by atoms with Crippen LogP contribution in [0.1, 0.15) is 12.5 Å². The van der Waals surface area contributed by atoms with Crippen LogP contribution in [0.25, 0.3) is 0 Å².